The molecule has 1 aromatic heterocycles. The molecule has 6 rings (SSSR count). The van der Waals surface area contributed by atoms with Crippen molar-refractivity contribution in [3.05, 3.63) is 153 Å². The molecule has 5 aromatic rings. The first kappa shape index (κ1) is 38.4. The van der Waals surface area contributed by atoms with E-state index in [-0.39, 0.29) is 18.4 Å². The lowest BCUT2D eigenvalue weighted by Crippen LogP contribution is -2.47. The number of benzene rings is 4. The fourth-order valence-electron chi connectivity index (χ4n) is 5.95. The highest BCUT2D eigenvalue weighted by Gasteiger charge is 2.30. The maximum Gasteiger partial charge on any atom is 0.416 e. The number of carbonyl (C=O) groups is 1. The molecule has 0 saturated carbocycles. The molecular weight excluding hydrogens is 715 g/mol. The Morgan fingerprint density at radius 2 is 1.48 bits per heavy atom. The van der Waals surface area contributed by atoms with Crippen LogP contribution >= 0.6 is 11.6 Å². The van der Waals surface area contributed by atoms with Gasteiger partial charge in [0.25, 0.3) is 0 Å². The first-order valence-corrected chi connectivity index (χ1v) is 18.1. The molecular formula is C43H41ClF3N3O4. The van der Waals surface area contributed by atoms with Crippen LogP contribution in [0.1, 0.15) is 38.9 Å². The maximum absolute atomic E-state index is 13.0. The molecule has 11 heteroatoms. The number of amides is 1. The highest BCUT2D eigenvalue weighted by atomic mass is 35.5. The number of pyridine rings is 1. The van der Waals surface area contributed by atoms with Gasteiger partial charge in [-0.2, -0.15) is 13.2 Å². The van der Waals surface area contributed by atoms with Crippen molar-refractivity contribution in [3.63, 3.8) is 0 Å². The van der Waals surface area contributed by atoms with Crippen LogP contribution in [0.25, 0.3) is 6.08 Å². The summed E-state index contributed by atoms with van der Waals surface area (Å²) in [7, 11) is 0. The molecule has 1 amide bonds. The SMILES string of the molecule is Cc1ccc(OCCc2ccc(CN3CCN(C(=O)/C=C/c4cc(C)c(Oc5ccc(OCc6ccc(C(F)(F)F)cc6)cn5)c(Cl)c4)CC3)cc2)cc1. The average molecular weight is 756 g/mol. The summed E-state index contributed by atoms with van der Waals surface area (Å²) in [6.45, 7) is 8.36. The van der Waals surface area contributed by atoms with Gasteiger partial charge >= 0.3 is 6.18 Å². The third-order valence-electron chi connectivity index (χ3n) is 9.07. The zero-order valence-corrected chi connectivity index (χ0v) is 30.9. The van der Waals surface area contributed by atoms with Crippen molar-refractivity contribution in [3.8, 4) is 23.1 Å². The molecule has 54 heavy (non-hydrogen) atoms. The lowest BCUT2D eigenvalue weighted by molar-refractivity contribution is -0.137. The summed E-state index contributed by atoms with van der Waals surface area (Å²) in [6.07, 6.45) is 1.26. The molecule has 0 unspecified atom stereocenters. The van der Waals surface area contributed by atoms with Gasteiger partial charge in [-0.1, -0.05) is 65.7 Å². The van der Waals surface area contributed by atoms with Gasteiger partial charge in [-0.25, -0.2) is 4.98 Å². The second-order valence-electron chi connectivity index (χ2n) is 13.2. The van der Waals surface area contributed by atoms with Crippen molar-refractivity contribution in [2.45, 2.75) is 39.6 Å². The monoisotopic (exact) mass is 755 g/mol. The van der Waals surface area contributed by atoms with Crippen LogP contribution in [-0.4, -0.2) is 53.5 Å². The number of aromatic nitrogens is 1. The first-order valence-electron chi connectivity index (χ1n) is 17.7. The van der Waals surface area contributed by atoms with Crippen LogP contribution in [0.3, 0.4) is 0 Å². The average Bonchev–Trinajstić information content (AvgIpc) is 3.16. The van der Waals surface area contributed by atoms with Crippen molar-refractivity contribution in [2.24, 2.45) is 0 Å². The van der Waals surface area contributed by atoms with Crippen molar-refractivity contribution in [1.82, 2.24) is 14.8 Å². The van der Waals surface area contributed by atoms with E-state index in [1.54, 1.807) is 30.4 Å². The van der Waals surface area contributed by atoms with Gasteiger partial charge in [-0.05, 0) is 90.2 Å². The van der Waals surface area contributed by atoms with Gasteiger partial charge in [0.05, 0.1) is 23.4 Å². The summed E-state index contributed by atoms with van der Waals surface area (Å²) < 4.78 is 55.9. The van der Waals surface area contributed by atoms with E-state index in [0.717, 1.165) is 55.1 Å². The highest BCUT2D eigenvalue weighted by molar-refractivity contribution is 6.32. The standard InChI is InChI=1S/C43H41ClF3N3O4/c1-30-3-14-37(15-4-30)52-24-19-32-5-7-33(8-6-32)28-49-20-22-50(23-21-49)41(51)18-11-35-25-31(2)42(39(44)26-35)54-40-17-16-38(27-48-40)53-29-34-9-12-36(13-10-34)43(45,46)47/h3-18,25-27H,19-24,28-29H2,1-2H3/b18-11+. The van der Waals surface area contributed by atoms with Crippen molar-refractivity contribution in [2.75, 3.05) is 32.8 Å². The zero-order valence-electron chi connectivity index (χ0n) is 30.1. The predicted molar refractivity (Wildman–Crippen MR) is 204 cm³/mol. The Morgan fingerprint density at radius 3 is 2.13 bits per heavy atom. The third kappa shape index (κ3) is 10.9. The minimum Gasteiger partial charge on any atom is -0.493 e. The van der Waals surface area contributed by atoms with Crippen molar-refractivity contribution < 1.29 is 32.2 Å². The van der Waals surface area contributed by atoms with E-state index in [1.165, 1.54) is 35.0 Å². The molecule has 280 valence electrons. The number of nitrogens with zero attached hydrogens (tertiary/aromatic N) is 3. The minimum absolute atomic E-state index is 0.0502. The summed E-state index contributed by atoms with van der Waals surface area (Å²) >= 11 is 6.59. The van der Waals surface area contributed by atoms with Gasteiger partial charge < -0.3 is 19.1 Å². The lowest BCUT2D eigenvalue weighted by atomic mass is 10.1. The Kier molecular flexibility index (Phi) is 12.6. The number of ether oxygens (including phenoxy) is 3. The van der Waals surface area contributed by atoms with E-state index in [0.29, 0.717) is 41.8 Å². The Morgan fingerprint density at radius 1 is 0.815 bits per heavy atom. The summed E-state index contributed by atoms with van der Waals surface area (Å²) in [5, 5.41) is 0.365. The molecule has 1 aliphatic heterocycles. The second-order valence-corrected chi connectivity index (χ2v) is 13.6. The van der Waals surface area contributed by atoms with Gasteiger partial charge in [-0.15, -0.1) is 0 Å². The van der Waals surface area contributed by atoms with Crippen molar-refractivity contribution >= 4 is 23.6 Å². The van der Waals surface area contributed by atoms with Crippen LogP contribution in [0.5, 0.6) is 23.1 Å². The lowest BCUT2D eigenvalue weighted by Gasteiger charge is -2.34. The Hall–Kier alpha value is -5.32. The number of hydrogen-bond donors (Lipinski definition) is 0. The third-order valence-corrected chi connectivity index (χ3v) is 9.35. The summed E-state index contributed by atoms with van der Waals surface area (Å²) in [4.78, 5) is 21.5. The number of halogens is 4. The van der Waals surface area contributed by atoms with Gasteiger partial charge in [0.15, 0.2) is 5.75 Å². The van der Waals surface area contributed by atoms with Gasteiger partial charge in [0.1, 0.15) is 18.1 Å². The molecule has 0 radical (unpaired) electrons. The molecule has 1 fully saturated rings. The van der Waals surface area contributed by atoms with E-state index in [1.807, 2.05) is 30.0 Å². The van der Waals surface area contributed by atoms with E-state index >= 15 is 0 Å². The molecule has 1 saturated heterocycles. The molecule has 2 heterocycles. The molecule has 0 N–H and O–H groups in total. The molecule has 0 bridgehead atoms. The van der Waals surface area contributed by atoms with E-state index in [2.05, 4.69) is 53.2 Å². The van der Waals surface area contributed by atoms with Crippen LogP contribution in [-0.2, 0) is 30.5 Å². The van der Waals surface area contributed by atoms with Crippen LogP contribution in [0.2, 0.25) is 5.02 Å². The van der Waals surface area contributed by atoms with Gasteiger partial charge in [0, 0.05) is 51.3 Å². The Labute approximate surface area is 318 Å². The number of aryl methyl sites for hydroxylation is 2. The molecule has 1 aliphatic rings. The fraction of sp³-hybridized carbons (Fsp3) is 0.256. The van der Waals surface area contributed by atoms with Gasteiger partial charge in [-0.3, -0.25) is 9.69 Å². The maximum atomic E-state index is 13.0. The topological polar surface area (TPSA) is 64.1 Å². The van der Waals surface area contributed by atoms with Crippen LogP contribution in [0, 0.1) is 13.8 Å². The fourth-order valence-corrected chi connectivity index (χ4v) is 6.26. The quantitative estimate of drug-likeness (QED) is 0.112. The van der Waals surface area contributed by atoms with Gasteiger partial charge in [0.2, 0.25) is 11.8 Å². The summed E-state index contributed by atoms with van der Waals surface area (Å²) in [6, 6.07) is 28.4. The summed E-state index contributed by atoms with van der Waals surface area (Å²) in [5.41, 5.74) is 5.10. The number of alkyl halides is 3. The minimum atomic E-state index is -4.39. The highest BCUT2D eigenvalue weighted by Crippen LogP contribution is 2.34. The largest absolute Gasteiger partial charge is 0.493 e. The Bertz CT molecular complexity index is 2010. The smallest absolute Gasteiger partial charge is 0.416 e. The molecule has 4 aromatic carbocycles. The van der Waals surface area contributed by atoms with Crippen LogP contribution in [0.4, 0.5) is 13.2 Å². The number of piperazine rings is 1. The van der Waals surface area contributed by atoms with E-state index in [9.17, 15) is 18.0 Å². The molecule has 0 aliphatic carbocycles. The molecule has 0 atom stereocenters. The number of hydrogen-bond acceptors (Lipinski definition) is 6. The van der Waals surface area contributed by atoms with Crippen molar-refractivity contribution in [1.29, 1.82) is 0 Å². The first-order chi connectivity index (χ1) is 26.0. The predicted octanol–water partition coefficient (Wildman–Crippen LogP) is 9.72. The number of rotatable bonds is 13. The second kappa shape index (κ2) is 17.7. The van der Waals surface area contributed by atoms with E-state index in [4.69, 9.17) is 25.8 Å². The number of carbonyl (C=O) groups excluding carboxylic acids is 1. The summed E-state index contributed by atoms with van der Waals surface area (Å²) in [5.74, 6) is 1.99. The Balaban J connectivity index is 0.929. The zero-order chi connectivity index (χ0) is 38.1. The van der Waals surface area contributed by atoms with Crippen LogP contribution < -0.4 is 14.2 Å². The van der Waals surface area contributed by atoms with E-state index < -0.39 is 11.7 Å². The normalized spacial score (nSPS) is 13.6. The molecule has 0 spiro atoms. The van der Waals surface area contributed by atoms with Crippen LogP contribution in [0.15, 0.2) is 109 Å². The molecule has 7 nitrogen and oxygen atoms in total.